The molecule has 0 saturated carbocycles. The normalized spacial score (nSPS) is 11.6. The highest BCUT2D eigenvalue weighted by Gasteiger charge is 2.28. The number of ether oxygens (including phenoxy) is 1. The van der Waals surface area contributed by atoms with E-state index >= 15 is 0 Å². The molecule has 0 saturated heterocycles. The van der Waals surface area contributed by atoms with E-state index in [0.29, 0.717) is 19.5 Å². The summed E-state index contributed by atoms with van der Waals surface area (Å²) >= 11 is 0. The van der Waals surface area contributed by atoms with Crippen molar-refractivity contribution in [3.8, 4) is 5.75 Å². The van der Waals surface area contributed by atoms with Crippen LogP contribution in [0.15, 0.2) is 42.5 Å². The Labute approximate surface area is 174 Å². The number of aryl methyl sites for hydroxylation is 2. The first-order valence-corrected chi connectivity index (χ1v) is 10.2. The quantitative estimate of drug-likeness (QED) is 0.701. The van der Waals surface area contributed by atoms with Gasteiger partial charge in [-0.15, -0.1) is 0 Å². The van der Waals surface area contributed by atoms with Gasteiger partial charge in [-0.05, 0) is 61.6 Å². The van der Waals surface area contributed by atoms with Gasteiger partial charge in [0.15, 0.2) is 0 Å². The second-order valence-electron chi connectivity index (χ2n) is 7.29. The zero-order chi connectivity index (χ0) is 21.4. The van der Waals surface area contributed by atoms with Crippen molar-refractivity contribution in [3.05, 3.63) is 64.7 Å². The molecule has 5 nitrogen and oxygen atoms in total. The van der Waals surface area contributed by atoms with Crippen LogP contribution in [-0.4, -0.2) is 36.4 Å². The van der Waals surface area contributed by atoms with E-state index < -0.39 is 6.04 Å². The number of nitrogens with zero attached hydrogens (tertiary/aromatic N) is 1. The van der Waals surface area contributed by atoms with Crippen molar-refractivity contribution in [2.45, 2.75) is 53.1 Å². The van der Waals surface area contributed by atoms with Gasteiger partial charge in [0.2, 0.25) is 11.8 Å². The fraction of sp³-hybridized carbons (Fsp3) is 0.417. The Kier molecular flexibility index (Phi) is 8.25. The number of rotatable bonds is 9. The second-order valence-corrected chi connectivity index (χ2v) is 7.29. The Balaban J connectivity index is 2.31. The molecule has 0 unspecified atom stereocenters. The molecule has 0 radical (unpaired) electrons. The lowest BCUT2D eigenvalue weighted by Crippen LogP contribution is -2.49. The number of nitrogens with one attached hydrogen (secondary N) is 1. The maximum Gasteiger partial charge on any atom is 0.242 e. The number of carbonyl (C=O) groups is 2. The van der Waals surface area contributed by atoms with E-state index in [4.69, 9.17) is 4.74 Å². The van der Waals surface area contributed by atoms with Crippen LogP contribution in [0, 0.1) is 13.8 Å². The maximum absolute atomic E-state index is 13.3. The molecule has 0 fully saturated rings. The third-order valence-corrected chi connectivity index (χ3v) is 5.15. The molecule has 0 bridgehead atoms. The molecule has 2 aromatic carbocycles. The Morgan fingerprint density at radius 3 is 2.41 bits per heavy atom. The summed E-state index contributed by atoms with van der Waals surface area (Å²) in [7, 11) is 1.62. The first kappa shape index (κ1) is 22.5. The Bertz CT molecular complexity index is 848. The molecule has 0 aromatic heterocycles. The fourth-order valence-corrected chi connectivity index (χ4v) is 3.37. The average molecular weight is 397 g/mol. The molecule has 0 spiro atoms. The van der Waals surface area contributed by atoms with Crippen molar-refractivity contribution in [3.63, 3.8) is 0 Å². The van der Waals surface area contributed by atoms with Crippen molar-refractivity contribution in [2.24, 2.45) is 0 Å². The highest BCUT2D eigenvalue weighted by atomic mass is 16.5. The first-order chi connectivity index (χ1) is 13.9. The minimum absolute atomic E-state index is 0.0609. The van der Waals surface area contributed by atoms with Gasteiger partial charge in [-0.3, -0.25) is 9.59 Å². The van der Waals surface area contributed by atoms with E-state index in [2.05, 4.69) is 12.2 Å². The molecule has 156 valence electrons. The highest BCUT2D eigenvalue weighted by Crippen LogP contribution is 2.19. The third kappa shape index (κ3) is 6.08. The second kappa shape index (κ2) is 10.6. The van der Waals surface area contributed by atoms with Crippen molar-refractivity contribution in [2.75, 3.05) is 13.7 Å². The standard InChI is InChI=1S/C24H32N2O3/c1-6-22(24(28)25-7-2)26(16-20-9-8-10-21(14-20)29-5)23(27)15-19-12-11-17(3)18(4)13-19/h8-14,22H,6-7,15-16H2,1-5H3,(H,25,28)/t22-/m1/s1. The summed E-state index contributed by atoms with van der Waals surface area (Å²) < 4.78 is 5.31. The van der Waals surface area contributed by atoms with Gasteiger partial charge in [-0.1, -0.05) is 37.3 Å². The van der Waals surface area contributed by atoms with Gasteiger partial charge in [0.1, 0.15) is 11.8 Å². The monoisotopic (exact) mass is 396 g/mol. The molecule has 0 aliphatic heterocycles. The van der Waals surface area contributed by atoms with Crippen LogP contribution >= 0.6 is 0 Å². The van der Waals surface area contributed by atoms with E-state index in [1.54, 1.807) is 12.0 Å². The van der Waals surface area contributed by atoms with E-state index in [-0.39, 0.29) is 18.2 Å². The summed E-state index contributed by atoms with van der Waals surface area (Å²) in [5, 5.41) is 2.86. The van der Waals surface area contributed by atoms with Crippen molar-refractivity contribution < 1.29 is 14.3 Å². The summed E-state index contributed by atoms with van der Waals surface area (Å²) in [5.74, 6) is 0.552. The van der Waals surface area contributed by atoms with Crippen LogP contribution in [0.5, 0.6) is 5.75 Å². The SMILES string of the molecule is CCNC(=O)[C@@H](CC)N(Cc1cccc(OC)c1)C(=O)Cc1ccc(C)c(C)c1. The highest BCUT2D eigenvalue weighted by molar-refractivity contribution is 5.88. The van der Waals surface area contributed by atoms with Crippen LogP contribution in [0.4, 0.5) is 0 Å². The number of likely N-dealkylation sites (N-methyl/N-ethyl adjacent to an activating group) is 1. The smallest absolute Gasteiger partial charge is 0.242 e. The van der Waals surface area contributed by atoms with Crippen LogP contribution in [0.25, 0.3) is 0 Å². The van der Waals surface area contributed by atoms with Crippen LogP contribution < -0.4 is 10.1 Å². The van der Waals surface area contributed by atoms with Crippen LogP contribution in [0.1, 0.15) is 42.5 Å². The number of hydrogen-bond donors (Lipinski definition) is 1. The van der Waals surface area contributed by atoms with Crippen molar-refractivity contribution in [1.29, 1.82) is 0 Å². The molecule has 0 heterocycles. The van der Waals surface area contributed by atoms with Gasteiger partial charge in [-0.2, -0.15) is 0 Å². The molecule has 5 heteroatoms. The minimum atomic E-state index is -0.514. The van der Waals surface area contributed by atoms with Gasteiger partial charge >= 0.3 is 0 Å². The largest absolute Gasteiger partial charge is 0.497 e. The number of amides is 2. The summed E-state index contributed by atoms with van der Waals surface area (Å²) in [6.07, 6.45) is 0.815. The molecule has 29 heavy (non-hydrogen) atoms. The van der Waals surface area contributed by atoms with Crippen LogP contribution in [0.3, 0.4) is 0 Å². The van der Waals surface area contributed by atoms with Crippen molar-refractivity contribution >= 4 is 11.8 Å². The molecule has 0 aliphatic rings. The van der Waals surface area contributed by atoms with E-state index in [1.807, 2.05) is 63.2 Å². The lowest BCUT2D eigenvalue weighted by atomic mass is 10.0. The van der Waals surface area contributed by atoms with Gasteiger partial charge in [0, 0.05) is 13.1 Å². The van der Waals surface area contributed by atoms with E-state index in [0.717, 1.165) is 22.4 Å². The topological polar surface area (TPSA) is 58.6 Å². The third-order valence-electron chi connectivity index (χ3n) is 5.15. The van der Waals surface area contributed by atoms with Crippen molar-refractivity contribution in [1.82, 2.24) is 10.2 Å². The molecule has 1 N–H and O–H groups in total. The number of carbonyl (C=O) groups excluding carboxylic acids is 2. The molecule has 2 aromatic rings. The lowest BCUT2D eigenvalue weighted by molar-refractivity contribution is -0.140. The molecule has 1 atom stereocenters. The molecular weight excluding hydrogens is 364 g/mol. The van der Waals surface area contributed by atoms with Gasteiger partial charge in [0.25, 0.3) is 0 Å². The van der Waals surface area contributed by atoms with E-state index in [9.17, 15) is 9.59 Å². The molecular formula is C24H32N2O3. The molecule has 2 rings (SSSR count). The zero-order valence-corrected chi connectivity index (χ0v) is 18.1. The summed E-state index contributed by atoms with van der Waals surface area (Å²) in [5.41, 5.74) is 4.24. The Morgan fingerprint density at radius 2 is 1.79 bits per heavy atom. The van der Waals surface area contributed by atoms with Crippen LogP contribution in [0.2, 0.25) is 0 Å². The lowest BCUT2D eigenvalue weighted by Gasteiger charge is -2.31. The van der Waals surface area contributed by atoms with Gasteiger partial charge in [-0.25, -0.2) is 0 Å². The maximum atomic E-state index is 13.3. The Morgan fingerprint density at radius 1 is 1.03 bits per heavy atom. The fourth-order valence-electron chi connectivity index (χ4n) is 3.37. The number of methoxy groups -OCH3 is 1. The van der Waals surface area contributed by atoms with Gasteiger partial charge in [0.05, 0.1) is 13.5 Å². The predicted molar refractivity (Wildman–Crippen MR) is 116 cm³/mol. The van der Waals surface area contributed by atoms with Crippen LogP contribution in [-0.2, 0) is 22.6 Å². The summed E-state index contributed by atoms with van der Waals surface area (Å²) in [6.45, 7) is 8.80. The minimum Gasteiger partial charge on any atom is -0.497 e. The van der Waals surface area contributed by atoms with E-state index in [1.165, 1.54) is 5.56 Å². The number of hydrogen-bond acceptors (Lipinski definition) is 3. The van der Waals surface area contributed by atoms with Gasteiger partial charge < -0.3 is 15.0 Å². The Hall–Kier alpha value is -2.82. The molecule has 0 aliphatic carbocycles. The average Bonchev–Trinajstić information content (AvgIpc) is 2.71. The molecule has 2 amide bonds. The predicted octanol–water partition coefficient (Wildman–Crippen LogP) is 3.80. The summed E-state index contributed by atoms with van der Waals surface area (Å²) in [6, 6.07) is 13.2. The zero-order valence-electron chi connectivity index (χ0n) is 18.1. The summed E-state index contributed by atoms with van der Waals surface area (Å²) in [4.78, 5) is 27.6. The number of benzene rings is 2. The first-order valence-electron chi connectivity index (χ1n) is 10.2.